The minimum absolute atomic E-state index is 0.0582. The molecule has 0 saturated heterocycles. The van der Waals surface area contributed by atoms with Gasteiger partial charge in [0.05, 0.1) is 15.8 Å². The molecule has 0 atom stereocenters. The molecule has 0 saturated carbocycles. The summed E-state index contributed by atoms with van der Waals surface area (Å²) in [7, 11) is 0. The molecule has 0 fully saturated rings. The zero-order valence-electron chi connectivity index (χ0n) is 7.98. The number of nitrogens with zero attached hydrogens (tertiary/aromatic N) is 3. The Labute approximate surface area is 84.3 Å². The molecule has 6 heteroatoms. The van der Waals surface area contributed by atoms with Crippen molar-refractivity contribution >= 4 is 16.6 Å². The number of nitro groups is 1. The van der Waals surface area contributed by atoms with Crippen LogP contribution < -0.4 is 0 Å². The second-order valence-corrected chi connectivity index (χ2v) is 3.07. The first kappa shape index (κ1) is 9.57. The van der Waals surface area contributed by atoms with Crippen LogP contribution in [0.4, 0.5) is 10.1 Å². The normalized spacial score (nSPS) is 10.8. The molecule has 0 aliphatic rings. The Morgan fingerprint density at radius 1 is 1.60 bits per heavy atom. The number of hydrogen-bond acceptors (Lipinski definition) is 3. The number of rotatable bonds is 2. The third kappa shape index (κ3) is 1.43. The van der Waals surface area contributed by atoms with Gasteiger partial charge in [-0.3, -0.25) is 14.8 Å². The molecule has 15 heavy (non-hydrogen) atoms. The van der Waals surface area contributed by atoms with Gasteiger partial charge in [-0.05, 0) is 13.0 Å². The second-order valence-electron chi connectivity index (χ2n) is 3.07. The molecule has 0 radical (unpaired) electrons. The van der Waals surface area contributed by atoms with E-state index in [1.165, 1.54) is 22.9 Å². The topological polar surface area (TPSA) is 61.0 Å². The molecule has 1 aromatic carbocycles. The number of benzene rings is 1. The van der Waals surface area contributed by atoms with E-state index in [-0.39, 0.29) is 5.69 Å². The summed E-state index contributed by atoms with van der Waals surface area (Å²) < 4.78 is 14.6. The first-order chi connectivity index (χ1) is 7.13. The molecule has 2 aromatic rings. The summed E-state index contributed by atoms with van der Waals surface area (Å²) in [5.74, 6) is -0.596. The molecule has 2 rings (SSSR count). The van der Waals surface area contributed by atoms with Crippen LogP contribution in [-0.2, 0) is 6.54 Å². The van der Waals surface area contributed by atoms with Gasteiger partial charge < -0.3 is 0 Å². The number of hydrogen-bond donors (Lipinski definition) is 0. The Balaban J connectivity index is 2.73. The molecule has 0 amide bonds. The Morgan fingerprint density at radius 2 is 2.33 bits per heavy atom. The van der Waals surface area contributed by atoms with Crippen LogP contribution in [0.1, 0.15) is 6.92 Å². The number of aryl methyl sites for hydroxylation is 1. The van der Waals surface area contributed by atoms with Gasteiger partial charge >= 0.3 is 0 Å². The van der Waals surface area contributed by atoms with Crippen LogP contribution in [0, 0.1) is 16.1 Å². The summed E-state index contributed by atoms with van der Waals surface area (Å²) >= 11 is 0. The Hall–Kier alpha value is -1.98. The highest BCUT2D eigenvalue weighted by atomic mass is 19.1. The average Bonchev–Trinajstić information content (AvgIpc) is 2.55. The predicted molar refractivity (Wildman–Crippen MR) is 52.0 cm³/mol. The zero-order chi connectivity index (χ0) is 11.0. The van der Waals surface area contributed by atoms with Crippen molar-refractivity contribution in [2.45, 2.75) is 13.5 Å². The van der Waals surface area contributed by atoms with Crippen molar-refractivity contribution in [2.24, 2.45) is 0 Å². The third-order valence-corrected chi connectivity index (χ3v) is 2.20. The van der Waals surface area contributed by atoms with Crippen molar-refractivity contribution in [2.75, 3.05) is 0 Å². The highest BCUT2D eigenvalue weighted by molar-refractivity contribution is 5.81. The maximum Gasteiger partial charge on any atom is 0.271 e. The van der Waals surface area contributed by atoms with Gasteiger partial charge in [0.15, 0.2) is 0 Å². The predicted octanol–water partition coefficient (Wildman–Crippen LogP) is 2.10. The molecule has 0 N–H and O–H groups in total. The van der Waals surface area contributed by atoms with E-state index in [2.05, 4.69) is 5.10 Å². The van der Waals surface area contributed by atoms with Gasteiger partial charge in [-0.2, -0.15) is 4.39 Å². The maximum atomic E-state index is 13.2. The van der Waals surface area contributed by atoms with Gasteiger partial charge in [0, 0.05) is 18.7 Å². The largest absolute Gasteiger partial charge is 0.271 e. The maximum absolute atomic E-state index is 13.2. The van der Waals surface area contributed by atoms with Crippen LogP contribution in [-0.4, -0.2) is 14.7 Å². The summed E-state index contributed by atoms with van der Waals surface area (Å²) in [6.07, 6.45) is 0. The Kier molecular flexibility index (Phi) is 2.11. The van der Waals surface area contributed by atoms with Gasteiger partial charge in [0.25, 0.3) is 5.69 Å². The molecule has 78 valence electrons. The van der Waals surface area contributed by atoms with Gasteiger partial charge in [0.1, 0.15) is 0 Å². The summed E-state index contributed by atoms with van der Waals surface area (Å²) in [4.78, 5) is 10.0. The monoisotopic (exact) mass is 209 g/mol. The first-order valence-electron chi connectivity index (χ1n) is 4.44. The van der Waals surface area contributed by atoms with Gasteiger partial charge in [-0.1, -0.05) is 0 Å². The lowest BCUT2D eigenvalue weighted by atomic mass is 10.2. The molecular formula is C9H8FN3O2. The molecule has 5 nitrogen and oxygen atoms in total. The van der Waals surface area contributed by atoms with Crippen molar-refractivity contribution < 1.29 is 9.31 Å². The highest BCUT2D eigenvalue weighted by Crippen LogP contribution is 2.22. The van der Waals surface area contributed by atoms with Crippen LogP contribution in [0.2, 0.25) is 0 Å². The fraction of sp³-hybridized carbons (Fsp3) is 0.222. The van der Waals surface area contributed by atoms with E-state index < -0.39 is 10.9 Å². The SMILES string of the molecule is CCn1nc(F)c2ccc([N+](=O)[O-])cc21. The summed E-state index contributed by atoms with van der Waals surface area (Å²) in [5, 5.41) is 14.5. The number of halogens is 1. The second kappa shape index (κ2) is 3.30. The third-order valence-electron chi connectivity index (χ3n) is 2.20. The van der Waals surface area contributed by atoms with E-state index >= 15 is 0 Å². The van der Waals surface area contributed by atoms with Crippen LogP contribution in [0.25, 0.3) is 10.9 Å². The Morgan fingerprint density at radius 3 is 2.93 bits per heavy atom. The Bertz CT molecular complexity index is 535. The quantitative estimate of drug-likeness (QED) is 0.562. The minimum atomic E-state index is -0.596. The lowest BCUT2D eigenvalue weighted by Crippen LogP contribution is -1.96. The van der Waals surface area contributed by atoms with Crippen LogP contribution in [0.3, 0.4) is 0 Å². The molecule has 1 heterocycles. The number of aromatic nitrogens is 2. The van der Waals surface area contributed by atoms with Gasteiger partial charge in [0.2, 0.25) is 5.95 Å². The van der Waals surface area contributed by atoms with E-state index in [4.69, 9.17) is 0 Å². The van der Waals surface area contributed by atoms with Crippen molar-refractivity contribution in [1.82, 2.24) is 9.78 Å². The molecular weight excluding hydrogens is 201 g/mol. The molecule has 0 spiro atoms. The summed E-state index contributed by atoms with van der Waals surface area (Å²) in [6.45, 7) is 2.27. The fourth-order valence-electron chi connectivity index (χ4n) is 1.48. The number of fused-ring (bicyclic) bond motifs is 1. The molecule has 0 aliphatic carbocycles. The highest BCUT2D eigenvalue weighted by Gasteiger charge is 2.13. The van der Waals surface area contributed by atoms with E-state index in [0.29, 0.717) is 17.4 Å². The van der Waals surface area contributed by atoms with Crippen LogP contribution in [0.15, 0.2) is 18.2 Å². The number of non-ortho nitro benzene ring substituents is 1. The van der Waals surface area contributed by atoms with Crippen molar-refractivity contribution in [3.8, 4) is 0 Å². The van der Waals surface area contributed by atoms with Crippen molar-refractivity contribution in [3.63, 3.8) is 0 Å². The van der Waals surface area contributed by atoms with Crippen LogP contribution in [0.5, 0.6) is 0 Å². The van der Waals surface area contributed by atoms with E-state index in [1.807, 2.05) is 0 Å². The fourth-order valence-corrected chi connectivity index (χ4v) is 1.48. The molecule has 0 bridgehead atoms. The van der Waals surface area contributed by atoms with Gasteiger partial charge in [-0.15, -0.1) is 5.10 Å². The van der Waals surface area contributed by atoms with Crippen LogP contribution >= 0.6 is 0 Å². The lowest BCUT2D eigenvalue weighted by Gasteiger charge is -1.96. The number of nitro benzene ring substituents is 1. The minimum Gasteiger partial charge on any atom is -0.262 e. The molecule has 0 unspecified atom stereocenters. The van der Waals surface area contributed by atoms with Crippen molar-refractivity contribution in [1.29, 1.82) is 0 Å². The van der Waals surface area contributed by atoms with E-state index in [0.717, 1.165) is 0 Å². The molecule has 1 aromatic heterocycles. The van der Waals surface area contributed by atoms with Crippen molar-refractivity contribution in [3.05, 3.63) is 34.3 Å². The zero-order valence-corrected chi connectivity index (χ0v) is 7.98. The molecule has 0 aliphatic heterocycles. The first-order valence-corrected chi connectivity index (χ1v) is 4.44. The van der Waals surface area contributed by atoms with E-state index in [9.17, 15) is 14.5 Å². The van der Waals surface area contributed by atoms with Gasteiger partial charge in [-0.25, -0.2) is 0 Å². The summed E-state index contributed by atoms with van der Waals surface area (Å²) in [5.41, 5.74) is 0.390. The standard InChI is InChI=1S/C9H8FN3O2/c1-2-12-8-5-6(13(14)15)3-4-7(8)9(10)11-12/h3-5H,2H2,1H3. The average molecular weight is 209 g/mol. The van der Waals surface area contributed by atoms with E-state index in [1.54, 1.807) is 6.92 Å². The lowest BCUT2D eigenvalue weighted by molar-refractivity contribution is -0.384. The smallest absolute Gasteiger partial charge is 0.262 e. The summed E-state index contributed by atoms with van der Waals surface area (Å²) in [6, 6.07) is 3.98.